The van der Waals surface area contributed by atoms with Crippen molar-refractivity contribution in [2.75, 3.05) is 43.6 Å². The van der Waals surface area contributed by atoms with Gasteiger partial charge < -0.3 is 29.5 Å². The highest BCUT2D eigenvalue weighted by Crippen LogP contribution is 2.32. The van der Waals surface area contributed by atoms with E-state index in [4.69, 9.17) is 14.2 Å². The number of nitrogens with one attached hydrogen (secondary N) is 1. The third kappa shape index (κ3) is 8.16. The predicted molar refractivity (Wildman–Crippen MR) is 162 cm³/mol. The molecular formula is C32H36F3N3O7S. The Bertz CT molecular complexity index is 1560. The van der Waals surface area contributed by atoms with Gasteiger partial charge in [0.25, 0.3) is 5.91 Å². The highest BCUT2D eigenvalue weighted by Gasteiger charge is 2.36. The summed E-state index contributed by atoms with van der Waals surface area (Å²) >= 11 is 0. The van der Waals surface area contributed by atoms with Gasteiger partial charge in [0.1, 0.15) is 17.7 Å². The van der Waals surface area contributed by atoms with Gasteiger partial charge in [-0.2, -0.15) is 13.2 Å². The highest BCUT2D eigenvalue weighted by molar-refractivity contribution is 7.91. The van der Waals surface area contributed by atoms with E-state index in [1.807, 2.05) is 4.90 Å². The fourth-order valence-corrected chi connectivity index (χ4v) is 6.33. The molecule has 4 atom stereocenters. The zero-order valence-corrected chi connectivity index (χ0v) is 26.0. The Morgan fingerprint density at radius 3 is 2.43 bits per heavy atom. The molecule has 2 aliphatic rings. The lowest BCUT2D eigenvalue weighted by Gasteiger charge is -2.26. The number of hydrogen-bond acceptors (Lipinski definition) is 9. The van der Waals surface area contributed by atoms with E-state index in [0.717, 1.165) is 18.6 Å². The van der Waals surface area contributed by atoms with Gasteiger partial charge in [0.15, 0.2) is 9.84 Å². The average Bonchev–Trinajstić information content (AvgIpc) is 3.72. The fraction of sp³-hybridized carbons (Fsp3) is 0.438. The summed E-state index contributed by atoms with van der Waals surface area (Å²) in [5.74, 6) is 0.374. The van der Waals surface area contributed by atoms with Crippen LogP contribution in [0.25, 0.3) is 0 Å². The lowest BCUT2D eigenvalue weighted by molar-refractivity contribution is -0.137. The number of halogens is 3. The quantitative estimate of drug-likeness (QED) is 0.293. The smallest absolute Gasteiger partial charge is 0.416 e. The molecule has 3 aromatic rings. The number of hydrogen-bond donors (Lipinski definition) is 2. The average molecular weight is 664 g/mol. The molecule has 5 rings (SSSR count). The summed E-state index contributed by atoms with van der Waals surface area (Å²) in [6, 6.07) is 13.0. The molecule has 2 fully saturated rings. The summed E-state index contributed by atoms with van der Waals surface area (Å²) in [7, 11) is -3.38. The van der Waals surface area contributed by atoms with Crippen LogP contribution in [-0.2, 0) is 25.5 Å². The van der Waals surface area contributed by atoms with E-state index in [0.29, 0.717) is 49.9 Å². The molecule has 2 aliphatic heterocycles. The van der Waals surface area contributed by atoms with E-state index < -0.39 is 40.1 Å². The first-order valence-corrected chi connectivity index (χ1v) is 16.6. The molecule has 2 aromatic carbocycles. The van der Waals surface area contributed by atoms with Crippen molar-refractivity contribution in [1.82, 2.24) is 10.3 Å². The summed E-state index contributed by atoms with van der Waals surface area (Å²) in [5.41, 5.74) is 0.0408. The van der Waals surface area contributed by atoms with Crippen LogP contribution in [-0.4, -0.2) is 81.4 Å². The van der Waals surface area contributed by atoms with E-state index in [1.54, 1.807) is 31.2 Å². The second-order valence-electron chi connectivity index (χ2n) is 11.2. The molecule has 0 bridgehead atoms. The number of benzene rings is 2. The number of nitrogens with zero attached hydrogens (tertiary/aromatic N) is 2. The topological polar surface area (TPSA) is 127 Å². The number of anilines is 1. The molecule has 0 unspecified atom stereocenters. The number of aliphatic hydroxyl groups is 1. The zero-order chi connectivity index (χ0) is 32.9. The van der Waals surface area contributed by atoms with Crippen LogP contribution in [0.5, 0.6) is 5.75 Å². The van der Waals surface area contributed by atoms with Crippen LogP contribution >= 0.6 is 0 Å². The Balaban J connectivity index is 1.26. The monoisotopic (exact) mass is 663 g/mol. The van der Waals surface area contributed by atoms with Gasteiger partial charge in [-0.15, -0.1) is 0 Å². The molecule has 1 aromatic heterocycles. The predicted octanol–water partition coefficient (Wildman–Crippen LogP) is 4.19. The Morgan fingerprint density at radius 2 is 1.85 bits per heavy atom. The number of alkyl halides is 3. The van der Waals surface area contributed by atoms with Crippen molar-refractivity contribution in [3.05, 3.63) is 83.6 Å². The first-order valence-electron chi connectivity index (χ1n) is 15.0. The fourth-order valence-electron chi connectivity index (χ4n) is 5.44. The highest BCUT2D eigenvalue weighted by atomic mass is 32.2. The van der Waals surface area contributed by atoms with Crippen LogP contribution in [0.1, 0.15) is 47.3 Å². The normalized spacial score (nSPS) is 20.9. The number of sulfone groups is 1. The molecule has 14 heteroatoms. The first-order chi connectivity index (χ1) is 22.0. The Hall–Kier alpha value is -3.72. The number of aliphatic hydroxyl groups excluding tert-OH is 1. The molecule has 0 radical (unpaired) electrons. The standard InChI is InChI=1S/C32H36F3N3O7S/c1-2-46(41,42)28-10-3-21(4-11-28)29(18-39)37-31(40)22-5-12-30(36-16-22)38-17-27(15-24(38)19-44-26-13-14-43-20-26)45-25-8-6-23(7-9-25)32(33,34)35/h3-12,16,24,26-27,29,39H,2,13-15,17-20H2,1H3,(H,37,40)/t24-,26-,27+,29-/m0/s1. The summed E-state index contributed by atoms with van der Waals surface area (Å²) in [6.45, 7) is 3.05. The van der Waals surface area contributed by atoms with Crippen LogP contribution in [0, 0.1) is 0 Å². The van der Waals surface area contributed by atoms with Crippen molar-refractivity contribution in [1.29, 1.82) is 0 Å². The van der Waals surface area contributed by atoms with Gasteiger partial charge >= 0.3 is 6.18 Å². The van der Waals surface area contributed by atoms with Crippen molar-refractivity contribution in [3.63, 3.8) is 0 Å². The summed E-state index contributed by atoms with van der Waals surface area (Å²) < 4.78 is 80.7. The van der Waals surface area contributed by atoms with Crippen LogP contribution in [0.2, 0.25) is 0 Å². The third-order valence-corrected chi connectivity index (χ3v) is 9.84. The number of amides is 1. The van der Waals surface area contributed by atoms with Gasteiger partial charge in [0, 0.05) is 19.2 Å². The molecule has 2 saturated heterocycles. The number of carbonyl (C=O) groups is 1. The molecule has 248 valence electrons. The minimum atomic E-state index is -4.44. The molecule has 3 heterocycles. The first kappa shape index (κ1) is 33.6. The molecule has 0 saturated carbocycles. The SMILES string of the molecule is CCS(=O)(=O)c1ccc([C@H](CO)NC(=O)c2ccc(N3C[C@H](Oc4ccc(C(F)(F)F)cc4)C[C@H]3CO[C@H]3CCOC3)nc2)cc1. The van der Waals surface area contributed by atoms with Crippen molar-refractivity contribution >= 4 is 21.6 Å². The van der Waals surface area contributed by atoms with Gasteiger partial charge in [-0.25, -0.2) is 13.4 Å². The number of carbonyl (C=O) groups excluding carboxylic acids is 1. The second-order valence-corrected chi connectivity index (χ2v) is 13.5. The minimum Gasteiger partial charge on any atom is -0.489 e. The molecule has 0 aliphatic carbocycles. The van der Waals surface area contributed by atoms with Gasteiger partial charge in [0.05, 0.1) is 66.3 Å². The van der Waals surface area contributed by atoms with Gasteiger partial charge in [-0.05, 0) is 60.5 Å². The maximum absolute atomic E-state index is 13.1. The van der Waals surface area contributed by atoms with E-state index in [-0.39, 0.29) is 34.5 Å². The maximum Gasteiger partial charge on any atom is 0.416 e. The maximum atomic E-state index is 13.1. The molecule has 0 spiro atoms. The van der Waals surface area contributed by atoms with E-state index in [2.05, 4.69) is 10.3 Å². The van der Waals surface area contributed by atoms with Gasteiger partial charge in [-0.1, -0.05) is 19.1 Å². The molecule has 2 N–H and O–H groups in total. The molecule has 46 heavy (non-hydrogen) atoms. The van der Waals surface area contributed by atoms with Crippen molar-refractivity contribution in [2.24, 2.45) is 0 Å². The van der Waals surface area contributed by atoms with E-state index in [1.165, 1.54) is 30.5 Å². The van der Waals surface area contributed by atoms with Crippen LogP contribution in [0.15, 0.2) is 71.8 Å². The molecule has 1 amide bonds. The van der Waals surface area contributed by atoms with E-state index >= 15 is 0 Å². The Kier molecular flexibility index (Phi) is 10.5. The van der Waals surface area contributed by atoms with Crippen LogP contribution in [0.3, 0.4) is 0 Å². The van der Waals surface area contributed by atoms with Gasteiger partial charge in [0.2, 0.25) is 0 Å². The third-order valence-electron chi connectivity index (χ3n) is 8.09. The summed E-state index contributed by atoms with van der Waals surface area (Å²) in [4.78, 5) is 19.7. The van der Waals surface area contributed by atoms with Crippen molar-refractivity contribution < 1.29 is 45.7 Å². The number of rotatable bonds is 12. The molecule has 10 nitrogen and oxygen atoms in total. The number of pyridine rings is 1. The minimum absolute atomic E-state index is 0.0255. The molecular weight excluding hydrogens is 627 g/mol. The van der Waals surface area contributed by atoms with Crippen LogP contribution < -0.4 is 15.0 Å². The van der Waals surface area contributed by atoms with E-state index in [9.17, 15) is 31.5 Å². The van der Waals surface area contributed by atoms with Crippen molar-refractivity contribution in [2.45, 2.75) is 55.1 Å². The number of aromatic nitrogens is 1. The lowest BCUT2D eigenvalue weighted by atomic mass is 10.1. The second kappa shape index (κ2) is 14.4. The Morgan fingerprint density at radius 1 is 1.11 bits per heavy atom. The summed E-state index contributed by atoms with van der Waals surface area (Å²) in [6.07, 6.45) is -2.07. The zero-order valence-electron chi connectivity index (χ0n) is 25.2. The lowest BCUT2D eigenvalue weighted by Crippen LogP contribution is -2.35. The number of ether oxygens (including phenoxy) is 3. The summed E-state index contributed by atoms with van der Waals surface area (Å²) in [5, 5.41) is 12.7. The van der Waals surface area contributed by atoms with Crippen molar-refractivity contribution in [3.8, 4) is 5.75 Å². The van der Waals surface area contributed by atoms with Gasteiger partial charge in [-0.3, -0.25) is 4.79 Å². The van der Waals surface area contributed by atoms with Crippen LogP contribution in [0.4, 0.5) is 19.0 Å². The Labute approximate surface area is 265 Å². The largest absolute Gasteiger partial charge is 0.489 e.